The van der Waals surface area contributed by atoms with Crippen molar-refractivity contribution in [3.63, 3.8) is 0 Å². The zero-order chi connectivity index (χ0) is 26.3. The Balaban J connectivity index is 1.79. The third-order valence-electron chi connectivity index (χ3n) is 4.91. The maximum Gasteiger partial charge on any atom is 0.418 e. The first-order chi connectivity index (χ1) is 17.0. The quantitative estimate of drug-likeness (QED) is 0.303. The topological polar surface area (TPSA) is 84.9 Å². The van der Waals surface area contributed by atoms with Gasteiger partial charge in [0.05, 0.1) is 17.9 Å². The molecule has 12 heteroatoms. The van der Waals surface area contributed by atoms with E-state index in [4.69, 9.17) is 8.92 Å². The van der Waals surface area contributed by atoms with Gasteiger partial charge in [-0.05, 0) is 54.1 Å². The molecular formula is C24H22F4N2O5S. The summed E-state index contributed by atoms with van der Waals surface area (Å²) in [5.41, 5.74) is -0.955. The molecule has 0 saturated carbocycles. The number of halogens is 4. The van der Waals surface area contributed by atoms with E-state index in [-0.39, 0.29) is 30.3 Å². The van der Waals surface area contributed by atoms with E-state index in [0.29, 0.717) is 5.56 Å². The van der Waals surface area contributed by atoms with Crippen LogP contribution in [0.3, 0.4) is 0 Å². The lowest BCUT2D eigenvalue weighted by atomic mass is 10.1. The minimum Gasteiger partial charge on any atom is -0.383 e. The number of benzene rings is 3. The maximum absolute atomic E-state index is 13.3. The molecule has 0 aromatic heterocycles. The normalized spacial score (nSPS) is 11.7. The number of methoxy groups -OCH3 is 1. The zero-order valence-corrected chi connectivity index (χ0v) is 19.8. The molecule has 0 unspecified atom stereocenters. The monoisotopic (exact) mass is 526 g/mol. The van der Waals surface area contributed by atoms with Crippen LogP contribution >= 0.6 is 0 Å². The van der Waals surface area contributed by atoms with Crippen LogP contribution in [0.15, 0.2) is 77.7 Å². The number of ether oxygens (including phenoxy) is 1. The molecule has 7 nitrogen and oxygen atoms in total. The van der Waals surface area contributed by atoms with Gasteiger partial charge in [0.15, 0.2) is 0 Å². The van der Waals surface area contributed by atoms with Gasteiger partial charge in [-0.3, -0.25) is 0 Å². The van der Waals surface area contributed by atoms with E-state index in [2.05, 4.69) is 5.32 Å². The van der Waals surface area contributed by atoms with Gasteiger partial charge in [0.1, 0.15) is 16.5 Å². The molecule has 3 aromatic carbocycles. The lowest BCUT2D eigenvalue weighted by Gasteiger charge is -2.24. The number of nitrogens with zero attached hydrogens (tertiary/aromatic N) is 1. The molecule has 1 N–H and O–H groups in total. The smallest absolute Gasteiger partial charge is 0.383 e. The van der Waals surface area contributed by atoms with Crippen molar-refractivity contribution in [2.45, 2.75) is 17.6 Å². The predicted molar refractivity (Wildman–Crippen MR) is 123 cm³/mol. The first kappa shape index (κ1) is 27.0. The van der Waals surface area contributed by atoms with Crippen LogP contribution in [0.5, 0.6) is 5.75 Å². The number of anilines is 1. The third kappa shape index (κ3) is 7.18. The van der Waals surface area contributed by atoms with Gasteiger partial charge < -0.3 is 19.1 Å². The highest BCUT2D eigenvalue weighted by molar-refractivity contribution is 7.87. The van der Waals surface area contributed by atoms with E-state index >= 15 is 0 Å². The average molecular weight is 527 g/mol. The van der Waals surface area contributed by atoms with E-state index in [9.17, 15) is 30.8 Å². The summed E-state index contributed by atoms with van der Waals surface area (Å²) < 4.78 is 88.1. The highest BCUT2D eigenvalue weighted by atomic mass is 32.2. The fraction of sp³-hybridized carbons (Fsp3) is 0.208. The highest BCUT2D eigenvalue weighted by Crippen LogP contribution is 2.34. The van der Waals surface area contributed by atoms with E-state index in [0.717, 1.165) is 36.4 Å². The first-order valence-corrected chi connectivity index (χ1v) is 11.9. The van der Waals surface area contributed by atoms with Crippen LogP contribution in [0.4, 0.5) is 28.0 Å². The summed E-state index contributed by atoms with van der Waals surface area (Å²) in [6, 6.07) is 13.7. The molecule has 36 heavy (non-hydrogen) atoms. The van der Waals surface area contributed by atoms with Crippen molar-refractivity contribution in [3.05, 3.63) is 89.7 Å². The Morgan fingerprint density at radius 3 is 2.36 bits per heavy atom. The van der Waals surface area contributed by atoms with E-state index in [1.807, 2.05) is 0 Å². The van der Waals surface area contributed by atoms with Gasteiger partial charge in [0, 0.05) is 20.2 Å². The molecule has 2 amide bonds. The highest BCUT2D eigenvalue weighted by Gasteiger charge is 2.34. The van der Waals surface area contributed by atoms with Crippen LogP contribution in [0.2, 0.25) is 0 Å². The van der Waals surface area contributed by atoms with E-state index in [1.165, 1.54) is 42.3 Å². The molecule has 3 rings (SSSR count). The van der Waals surface area contributed by atoms with Crippen LogP contribution in [0.1, 0.15) is 11.1 Å². The Morgan fingerprint density at radius 2 is 1.69 bits per heavy atom. The van der Waals surface area contributed by atoms with Crippen molar-refractivity contribution >= 4 is 21.8 Å². The van der Waals surface area contributed by atoms with Crippen LogP contribution in [-0.2, 0) is 27.6 Å². The van der Waals surface area contributed by atoms with Crippen molar-refractivity contribution in [2.24, 2.45) is 0 Å². The molecule has 0 aliphatic carbocycles. The third-order valence-corrected chi connectivity index (χ3v) is 6.17. The first-order valence-electron chi connectivity index (χ1n) is 10.5. The second-order valence-corrected chi connectivity index (χ2v) is 9.07. The second kappa shape index (κ2) is 11.4. The summed E-state index contributed by atoms with van der Waals surface area (Å²) in [7, 11) is -2.84. The van der Waals surface area contributed by atoms with Gasteiger partial charge in [0.25, 0.3) is 0 Å². The number of para-hydroxylation sites is 1. The molecule has 0 aliphatic rings. The number of hydrogen-bond acceptors (Lipinski definition) is 5. The van der Waals surface area contributed by atoms with Crippen LogP contribution in [-0.4, -0.2) is 39.6 Å². The summed E-state index contributed by atoms with van der Waals surface area (Å²) in [5, 5.41) is 2.28. The second-order valence-electron chi connectivity index (χ2n) is 7.53. The molecule has 0 bridgehead atoms. The van der Waals surface area contributed by atoms with Gasteiger partial charge >= 0.3 is 22.3 Å². The van der Waals surface area contributed by atoms with Crippen molar-refractivity contribution < 1.29 is 39.7 Å². The molecule has 0 saturated heterocycles. The molecule has 0 aliphatic heterocycles. The van der Waals surface area contributed by atoms with Crippen molar-refractivity contribution in [1.82, 2.24) is 4.90 Å². The molecule has 3 aromatic rings. The standard InChI is InChI=1S/C24H22F4N2O5S/c1-34-14-13-30(23(31)29-22-8-3-2-7-21(22)24(26,27)28)16-17-5-4-6-19(15-17)35-36(32,33)20-11-9-18(25)10-12-20/h2-12,15H,13-14,16H2,1H3,(H,29,31). The molecular weight excluding hydrogens is 504 g/mol. The number of amides is 2. The Kier molecular flexibility index (Phi) is 8.53. The molecule has 0 atom stereocenters. The van der Waals surface area contributed by atoms with Gasteiger partial charge in [-0.1, -0.05) is 24.3 Å². The Bertz CT molecular complexity index is 1300. The summed E-state index contributed by atoms with van der Waals surface area (Å²) in [4.78, 5) is 13.8. The minimum absolute atomic E-state index is 0.0372. The lowest BCUT2D eigenvalue weighted by Crippen LogP contribution is -2.37. The molecule has 0 radical (unpaired) electrons. The molecule has 0 heterocycles. The number of alkyl halides is 3. The maximum atomic E-state index is 13.3. The number of nitrogens with one attached hydrogen (secondary N) is 1. The fourth-order valence-corrected chi connectivity index (χ4v) is 4.10. The number of hydrogen-bond donors (Lipinski definition) is 1. The van der Waals surface area contributed by atoms with E-state index < -0.39 is 39.4 Å². The average Bonchev–Trinajstić information content (AvgIpc) is 2.81. The Labute approximate surface area is 205 Å². The minimum atomic E-state index is -4.66. The number of carbonyl (C=O) groups is 1. The zero-order valence-electron chi connectivity index (χ0n) is 19.0. The van der Waals surface area contributed by atoms with Gasteiger partial charge in [-0.25, -0.2) is 9.18 Å². The predicted octanol–water partition coefficient (Wildman–Crippen LogP) is 5.29. The summed E-state index contributed by atoms with van der Waals surface area (Å²) in [6.07, 6.45) is -4.66. The van der Waals surface area contributed by atoms with Gasteiger partial charge in [-0.2, -0.15) is 21.6 Å². The summed E-state index contributed by atoms with van der Waals surface area (Å²) in [5.74, 6) is -0.672. The van der Waals surface area contributed by atoms with Crippen LogP contribution < -0.4 is 9.50 Å². The number of urea groups is 1. The van der Waals surface area contributed by atoms with Crippen molar-refractivity contribution in [3.8, 4) is 5.75 Å². The molecule has 0 spiro atoms. The number of carbonyl (C=O) groups excluding carboxylic acids is 1. The SMILES string of the molecule is COCCN(Cc1cccc(OS(=O)(=O)c2ccc(F)cc2)c1)C(=O)Nc1ccccc1C(F)(F)F. The van der Waals surface area contributed by atoms with Crippen molar-refractivity contribution in [1.29, 1.82) is 0 Å². The molecule has 0 fully saturated rings. The van der Waals surface area contributed by atoms with Crippen LogP contribution in [0, 0.1) is 5.82 Å². The van der Waals surface area contributed by atoms with Gasteiger partial charge in [-0.15, -0.1) is 0 Å². The van der Waals surface area contributed by atoms with Crippen molar-refractivity contribution in [2.75, 3.05) is 25.6 Å². The largest absolute Gasteiger partial charge is 0.418 e. The number of rotatable bonds is 9. The lowest BCUT2D eigenvalue weighted by molar-refractivity contribution is -0.136. The summed E-state index contributed by atoms with van der Waals surface area (Å²) in [6.45, 7) is 0.0517. The molecule has 192 valence electrons. The van der Waals surface area contributed by atoms with E-state index in [1.54, 1.807) is 6.07 Å². The fourth-order valence-electron chi connectivity index (χ4n) is 3.18. The van der Waals surface area contributed by atoms with Gasteiger partial charge in [0.2, 0.25) is 0 Å². The Hall–Kier alpha value is -3.64. The summed E-state index contributed by atoms with van der Waals surface area (Å²) >= 11 is 0. The van der Waals surface area contributed by atoms with Crippen LogP contribution in [0.25, 0.3) is 0 Å². The Morgan fingerprint density at radius 1 is 1.00 bits per heavy atom.